The minimum Gasteiger partial charge on any atom is -0.422 e. The van der Waals surface area contributed by atoms with Crippen molar-refractivity contribution in [2.45, 2.75) is 31.6 Å². The lowest BCUT2D eigenvalue weighted by atomic mass is 10.0. The molecule has 0 spiro atoms. The third kappa shape index (κ3) is 2.88. The maximum Gasteiger partial charge on any atom is 0.340 e. The minimum absolute atomic E-state index is 0.0911. The Balaban J connectivity index is 2.81. The van der Waals surface area contributed by atoms with E-state index in [9.17, 15) is 22.6 Å². The average molecular weight is 325 g/mol. The third-order valence-electron chi connectivity index (χ3n) is 3.46. The van der Waals surface area contributed by atoms with E-state index in [2.05, 4.69) is 0 Å². The van der Waals surface area contributed by atoms with Crippen molar-refractivity contribution in [2.24, 2.45) is 0 Å². The third-order valence-corrected chi connectivity index (χ3v) is 4.37. The van der Waals surface area contributed by atoms with Gasteiger partial charge >= 0.3 is 5.63 Å². The molecule has 2 rings (SSSR count). The summed E-state index contributed by atoms with van der Waals surface area (Å²) in [6.45, 7) is 3.26. The van der Waals surface area contributed by atoms with Gasteiger partial charge < -0.3 is 10.2 Å². The van der Waals surface area contributed by atoms with Crippen LogP contribution in [0.4, 0.5) is 5.69 Å². The second-order valence-electron chi connectivity index (χ2n) is 4.92. The van der Waals surface area contributed by atoms with E-state index >= 15 is 0 Å². The highest BCUT2D eigenvalue weighted by Gasteiger charge is 2.19. The van der Waals surface area contributed by atoms with Gasteiger partial charge in [-0.3, -0.25) is 9.35 Å². The fraction of sp³-hybridized carbons (Fsp3) is 0.286. The first-order chi connectivity index (χ1) is 10.1. The molecule has 0 aliphatic heterocycles. The fourth-order valence-corrected chi connectivity index (χ4v) is 2.80. The van der Waals surface area contributed by atoms with Crippen LogP contribution in [0.3, 0.4) is 0 Å². The summed E-state index contributed by atoms with van der Waals surface area (Å²) < 4.78 is 36.9. The van der Waals surface area contributed by atoms with Crippen LogP contribution in [0, 0.1) is 6.92 Å². The molecule has 1 aromatic carbocycles. The summed E-state index contributed by atoms with van der Waals surface area (Å²) in [7, 11) is -4.50. The molecule has 0 saturated heterocycles. The van der Waals surface area contributed by atoms with Crippen molar-refractivity contribution in [3.8, 4) is 0 Å². The molecule has 0 saturated carbocycles. The maximum absolute atomic E-state index is 12.0. The van der Waals surface area contributed by atoms with Crippen LogP contribution in [0.2, 0.25) is 0 Å². The van der Waals surface area contributed by atoms with E-state index in [1.807, 2.05) is 0 Å². The number of ketones is 1. The Labute approximate surface area is 126 Å². The number of fused-ring (bicyclic) bond motifs is 1. The molecule has 0 radical (unpaired) electrons. The number of Topliss-reactive ketones (excluding diaryl/α,β-unsaturated/α-hetero) is 1. The molecule has 0 atom stereocenters. The Hall–Kier alpha value is -2.19. The smallest absolute Gasteiger partial charge is 0.340 e. The van der Waals surface area contributed by atoms with E-state index in [0.717, 1.165) is 12.1 Å². The molecular formula is C14H15NO6S. The molecule has 0 fully saturated rings. The number of nitrogens with two attached hydrogens (primary N) is 1. The monoisotopic (exact) mass is 325 g/mol. The number of nitrogen functional groups attached to an aromatic ring is 1. The van der Waals surface area contributed by atoms with Gasteiger partial charge in [-0.15, -0.1) is 0 Å². The topological polar surface area (TPSA) is 128 Å². The molecule has 8 heteroatoms. The van der Waals surface area contributed by atoms with Gasteiger partial charge in [0.15, 0.2) is 0 Å². The van der Waals surface area contributed by atoms with Gasteiger partial charge in [0.2, 0.25) is 0 Å². The molecule has 1 aromatic heterocycles. The van der Waals surface area contributed by atoms with Gasteiger partial charge in [0, 0.05) is 29.9 Å². The number of rotatable bonds is 4. The first-order valence-corrected chi connectivity index (χ1v) is 7.94. The number of anilines is 1. The molecule has 0 amide bonds. The molecular weight excluding hydrogens is 310 g/mol. The minimum atomic E-state index is -4.50. The lowest BCUT2D eigenvalue weighted by Crippen LogP contribution is -2.15. The van der Waals surface area contributed by atoms with Crippen LogP contribution in [-0.4, -0.2) is 18.8 Å². The highest BCUT2D eigenvalue weighted by molar-refractivity contribution is 7.86. The molecule has 0 unspecified atom stereocenters. The van der Waals surface area contributed by atoms with E-state index in [-0.39, 0.29) is 35.5 Å². The Morgan fingerprint density at radius 3 is 2.55 bits per heavy atom. The Morgan fingerprint density at radius 2 is 2.00 bits per heavy atom. The predicted octanol–water partition coefficient (Wildman–Crippen LogP) is 1.45. The second-order valence-corrected chi connectivity index (χ2v) is 6.31. The Bertz CT molecular complexity index is 926. The van der Waals surface area contributed by atoms with Crippen LogP contribution in [-0.2, 0) is 21.3 Å². The molecule has 0 bridgehead atoms. The normalized spacial score (nSPS) is 11.8. The molecule has 0 aliphatic rings. The average Bonchev–Trinajstić information content (AvgIpc) is 2.41. The molecule has 2 aromatic rings. The van der Waals surface area contributed by atoms with Gasteiger partial charge in [-0.1, -0.05) is 6.92 Å². The molecule has 118 valence electrons. The quantitative estimate of drug-likeness (QED) is 0.494. The predicted molar refractivity (Wildman–Crippen MR) is 80.5 cm³/mol. The van der Waals surface area contributed by atoms with Crippen molar-refractivity contribution in [1.29, 1.82) is 0 Å². The highest BCUT2D eigenvalue weighted by atomic mass is 32.2. The summed E-state index contributed by atoms with van der Waals surface area (Å²) in [6, 6.07) is 2.30. The highest BCUT2D eigenvalue weighted by Crippen LogP contribution is 2.28. The second kappa shape index (κ2) is 5.54. The first-order valence-electron chi connectivity index (χ1n) is 6.50. The van der Waals surface area contributed by atoms with E-state index in [4.69, 9.17) is 10.2 Å². The zero-order valence-electron chi connectivity index (χ0n) is 12.0. The lowest BCUT2D eigenvalue weighted by molar-refractivity contribution is -0.118. The lowest BCUT2D eigenvalue weighted by Gasteiger charge is -2.09. The van der Waals surface area contributed by atoms with E-state index in [1.54, 1.807) is 13.8 Å². The Kier molecular flexibility index (Phi) is 4.08. The molecule has 3 N–H and O–H groups in total. The molecule has 1 heterocycles. The number of hydrogen-bond acceptors (Lipinski definition) is 6. The number of benzene rings is 1. The standard InChI is InChI=1S/C14H15NO6S/c1-3-8(16)4-10-7(2)9-5-13(22(18,19)20)11(15)6-12(9)21-14(10)17/h5-6H,3-4,15H2,1-2H3,(H,18,19,20). The first kappa shape index (κ1) is 16.2. The van der Waals surface area contributed by atoms with Crippen LogP contribution in [0.5, 0.6) is 0 Å². The SMILES string of the molecule is CCC(=O)Cc1c(C)c2cc(S(=O)(=O)O)c(N)cc2oc1=O. The molecule has 0 aliphatic carbocycles. The van der Waals surface area contributed by atoms with Gasteiger partial charge in [0.1, 0.15) is 16.3 Å². The van der Waals surface area contributed by atoms with E-state index in [1.165, 1.54) is 0 Å². The summed E-state index contributed by atoms with van der Waals surface area (Å²) in [4.78, 5) is 23.1. The van der Waals surface area contributed by atoms with Gasteiger partial charge in [-0.05, 0) is 18.6 Å². The van der Waals surface area contributed by atoms with Crippen molar-refractivity contribution in [2.75, 3.05) is 5.73 Å². The summed E-state index contributed by atoms with van der Waals surface area (Å²) in [6.07, 6.45) is 0.182. The Morgan fingerprint density at radius 1 is 1.36 bits per heavy atom. The van der Waals surface area contributed by atoms with Crippen LogP contribution in [0.1, 0.15) is 24.5 Å². The fourth-order valence-electron chi connectivity index (χ4n) is 2.18. The zero-order chi connectivity index (χ0) is 16.7. The maximum atomic E-state index is 12.0. The van der Waals surface area contributed by atoms with Gasteiger partial charge in [-0.2, -0.15) is 8.42 Å². The van der Waals surface area contributed by atoms with Crippen molar-refractivity contribution in [1.82, 2.24) is 0 Å². The summed E-state index contributed by atoms with van der Waals surface area (Å²) in [5, 5.41) is 0.306. The van der Waals surface area contributed by atoms with Gasteiger partial charge in [0.25, 0.3) is 10.1 Å². The number of hydrogen-bond donors (Lipinski definition) is 2. The van der Waals surface area contributed by atoms with E-state index in [0.29, 0.717) is 10.9 Å². The largest absolute Gasteiger partial charge is 0.422 e. The van der Waals surface area contributed by atoms with Crippen LogP contribution < -0.4 is 11.4 Å². The molecule has 22 heavy (non-hydrogen) atoms. The van der Waals surface area contributed by atoms with Crippen molar-refractivity contribution in [3.05, 3.63) is 33.7 Å². The number of carbonyl (C=O) groups excluding carboxylic acids is 1. The van der Waals surface area contributed by atoms with E-state index < -0.39 is 20.6 Å². The van der Waals surface area contributed by atoms with Crippen LogP contribution >= 0.6 is 0 Å². The van der Waals surface area contributed by atoms with Gasteiger partial charge in [-0.25, -0.2) is 4.79 Å². The van der Waals surface area contributed by atoms with Crippen molar-refractivity contribution in [3.63, 3.8) is 0 Å². The van der Waals surface area contributed by atoms with Crippen LogP contribution in [0.25, 0.3) is 11.0 Å². The summed E-state index contributed by atoms with van der Waals surface area (Å²) in [5.41, 5.74) is 5.37. The van der Waals surface area contributed by atoms with Gasteiger partial charge in [0.05, 0.1) is 5.69 Å². The zero-order valence-corrected chi connectivity index (χ0v) is 12.9. The van der Waals surface area contributed by atoms with Crippen LogP contribution in [0.15, 0.2) is 26.2 Å². The number of carbonyl (C=O) groups is 1. The molecule has 7 nitrogen and oxygen atoms in total. The summed E-state index contributed by atoms with van der Waals surface area (Å²) in [5.74, 6) is -0.139. The van der Waals surface area contributed by atoms with Crippen molar-refractivity contribution < 1.29 is 22.2 Å². The van der Waals surface area contributed by atoms with Crippen molar-refractivity contribution >= 4 is 32.6 Å². The number of aryl methyl sites for hydroxylation is 1. The summed E-state index contributed by atoms with van der Waals surface area (Å²) >= 11 is 0.